The Balaban J connectivity index is 1.52. The monoisotopic (exact) mass is 421 g/mol. The van der Waals surface area contributed by atoms with Crippen LogP contribution in [0.4, 0.5) is 0 Å². The van der Waals surface area contributed by atoms with Crippen molar-refractivity contribution in [2.45, 2.75) is 6.04 Å². The molecule has 5 rings (SSSR count). The highest BCUT2D eigenvalue weighted by atomic mass is 35.5. The lowest BCUT2D eigenvalue weighted by molar-refractivity contribution is -0.00317. The Kier molecular flexibility index (Phi) is 4.77. The second-order valence-corrected chi connectivity index (χ2v) is 7.77. The summed E-state index contributed by atoms with van der Waals surface area (Å²) in [4.78, 5) is 20.2. The summed E-state index contributed by atoms with van der Waals surface area (Å²) in [5, 5.41) is 8.35. The third-order valence-corrected chi connectivity index (χ3v) is 5.75. The van der Waals surface area contributed by atoms with Crippen LogP contribution in [0, 0.1) is 0 Å². The van der Waals surface area contributed by atoms with Crippen LogP contribution in [0.25, 0.3) is 22.3 Å². The van der Waals surface area contributed by atoms with Crippen molar-refractivity contribution in [1.29, 1.82) is 0 Å². The Labute approximate surface area is 178 Å². The van der Waals surface area contributed by atoms with E-state index in [1.54, 1.807) is 12.4 Å². The zero-order chi connectivity index (χ0) is 20.7. The minimum atomic E-state index is -0.183. The number of nitrogens with one attached hydrogen (secondary N) is 1. The maximum Gasteiger partial charge on any atom is 0.271 e. The number of aromatic nitrogens is 4. The van der Waals surface area contributed by atoms with E-state index in [-0.39, 0.29) is 11.9 Å². The molecule has 1 N–H and O–H groups in total. The van der Waals surface area contributed by atoms with E-state index in [2.05, 4.69) is 10.2 Å². The summed E-state index contributed by atoms with van der Waals surface area (Å²) < 4.78 is 7.53. The van der Waals surface area contributed by atoms with Crippen LogP contribution in [0.15, 0.2) is 54.9 Å². The van der Waals surface area contributed by atoms with Gasteiger partial charge in [-0.3, -0.25) is 9.89 Å². The molecular weight excluding hydrogens is 402 g/mol. The highest BCUT2D eigenvalue weighted by Gasteiger charge is 2.31. The van der Waals surface area contributed by atoms with Gasteiger partial charge in [0, 0.05) is 35.8 Å². The molecule has 1 unspecified atom stereocenters. The van der Waals surface area contributed by atoms with Gasteiger partial charge in [0.25, 0.3) is 5.91 Å². The van der Waals surface area contributed by atoms with Gasteiger partial charge in [0.2, 0.25) is 0 Å². The molecule has 0 bridgehead atoms. The van der Waals surface area contributed by atoms with E-state index in [0.717, 1.165) is 27.9 Å². The lowest BCUT2D eigenvalue weighted by atomic mass is 10.0. The summed E-state index contributed by atoms with van der Waals surface area (Å²) in [6, 6.07) is 13.2. The fourth-order valence-electron chi connectivity index (χ4n) is 3.94. The molecule has 4 heterocycles. The lowest BCUT2D eigenvalue weighted by Crippen LogP contribution is -2.44. The second-order valence-electron chi connectivity index (χ2n) is 7.33. The SMILES string of the molecule is Cn1c(C(=O)N2CCOCC2c2cccc(Cl)c2)cc2ccc(-c3cn[nH]c3)nc21. The van der Waals surface area contributed by atoms with Crippen molar-refractivity contribution < 1.29 is 9.53 Å². The molecule has 1 atom stereocenters. The van der Waals surface area contributed by atoms with E-state index < -0.39 is 0 Å². The number of aromatic amines is 1. The van der Waals surface area contributed by atoms with Crippen LogP contribution in [0.3, 0.4) is 0 Å². The molecule has 1 aromatic carbocycles. The number of aryl methyl sites for hydroxylation is 1. The van der Waals surface area contributed by atoms with E-state index in [4.69, 9.17) is 21.3 Å². The Morgan fingerprint density at radius 2 is 2.17 bits per heavy atom. The molecule has 1 aliphatic rings. The summed E-state index contributed by atoms with van der Waals surface area (Å²) in [6.45, 7) is 1.47. The lowest BCUT2D eigenvalue weighted by Gasteiger charge is -2.36. The zero-order valence-corrected chi connectivity index (χ0v) is 17.1. The second kappa shape index (κ2) is 7.59. The summed E-state index contributed by atoms with van der Waals surface area (Å²) in [5.74, 6) is -0.0476. The normalized spacial score (nSPS) is 16.9. The van der Waals surface area contributed by atoms with Gasteiger partial charge in [-0.1, -0.05) is 23.7 Å². The zero-order valence-electron chi connectivity index (χ0n) is 16.4. The minimum absolute atomic E-state index is 0.0476. The van der Waals surface area contributed by atoms with Crippen molar-refractivity contribution in [2.24, 2.45) is 7.05 Å². The average molecular weight is 422 g/mol. The number of pyridine rings is 1. The molecule has 1 aliphatic heterocycles. The number of morpholine rings is 1. The number of hydrogen-bond acceptors (Lipinski definition) is 4. The molecule has 1 saturated heterocycles. The van der Waals surface area contributed by atoms with Crippen LogP contribution < -0.4 is 0 Å². The molecule has 152 valence electrons. The van der Waals surface area contributed by atoms with E-state index in [1.165, 1.54) is 0 Å². The number of benzene rings is 1. The Morgan fingerprint density at radius 3 is 2.97 bits per heavy atom. The smallest absolute Gasteiger partial charge is 0.271 e. The number of halogens is 1. The summed E-state index contributed by atoms with van der Waals surface area (Å²) in [5.41, 5.74) is 4.02. The first-order valence-electron chi connectivity index (χ1n) is 9.71. The molecule has 4 aromatic rings. The largest absolute Gasteiger partial charge is 0.377 e. The van der Waals surface area contributed by atoms with Crippen molar-refractivity contribution in [3.05, 3.63) is 71.1 Å². The van der Waals surface area contributed by atoms with Gasteiger partial charge in [-0.2, -0.15) is 5.10 Å². The molecule has 0 saturated carbocycles. The predicted octanol–water partition coefficient (Wildman–Crippen LogP) is 3.83. The fourth-order valence-corrected chi connectivity index (χ4v) is 4.14. The van der Waals surface area contributed by atoms with E-state index in [0.29, 0.717) is 30.5 Å². The number of fused-ring (bicyclic) bond motifs is 1. The van der Waals surface area contributed by atoms with Crippen LogP contribution in [-0.2, 0) is 11.8 Å². The number of carbonyl (C=O) groups excluding carboxylic acids is 1. The third kappa shape index (κ3) is 3.26. The van der Waals surface area contributed by atoms with E-state index in [1.807, 2.05) is 59.0 Å². The topological polar surface area (TPSA) is 76.0 Å². The van der Waals surface area contributed by atoms with Crippen LogP contribution in [0.5, 0.6) is 0 Å². The molecule has 0 spiro atoms. The Hall–Kier alpha value is -3.16. The van der Waals surface area contributed by atoms with Gasteiger partial charge in [0.1, 0.15) is 11.3 Å². The number of rotatable bonds is 3. The summed E-state index contributed by atoms with van der Waals surface area (Å²) in [6.07, 6.45) is 3.53. The van der Waals surface area contributed by atoms with Crippen LogP contribution in [0.1, 0.15) is 22.1 Å². The number of ether oxygens (including phenoxy) is 1. The highest BCUT2D eigenvalue weighted by Crippen LogP contribution is 2.29. The first kappa shape index (κ1) is 18.8. The number of nitrogens with zero attached hydrogens (tertiary/aromatic N) is 4. The average Bonchev–Trinajstić information content (AvgIpc) is 3.42. The molecular formula is C22H20ClN5O2. The molecule has 1 amide bonds. The number of H-pyrrole nitrogens is 1. The van der Waals surface area contributed by atoms with Crippen LogP contribution in [0.2, 0.25) is 5.02 Å². The molecule has 1 fully saturated rings. The van der Waals surface area contributed by atoms with Crippen LogP contribution in [-0.4, -0.2) is 50.3 Å². The number of amides is 1. The van der Waals surface area contributed by atoms with Gasteiger partial charge in [0.05, 0.1) is 31.1 Å². The number of hydrogen-bond donors (Lipinski definition) is 1. The molecule has 7 nitrogen and oxygen atoms in total. The number of carbonyl (C=O) groups is 1. The first-order chi connectivity index (χ1) is 14.6. The highest BCUT2D eigenvalue weighted by molar-refractivity contribution is 6.30. The maximum absolute atomic E-state index is 13.5. The van der Waals surface area contributed by atoms with Crippen molar-refractivity contribution in [3.63, 3.8) is 0 Å². The molecule has 3 aromatic heterocycles. The molecule has 30 heavy (non-hydrogen) atoms. The van der Waals surface area contributed by atoms with E-state index >= 15 is 0 Å². The summed E-state index contributed by atoms with van der Waals surface area (Å²) in [7, 11) is 1.87. The van der Waals surface area contributed by atoms with Crippen molar-refractivity contribution >= 4 is 28.5 Å². The molecule has 0 radical (unpaired) electrons. The van der Waals surface area contributed by atoms with Gasteiger partial charge in [-0.25, -0.2) is 4.98 Å². The fraction of sp³-hybridized carbons (Fsp3) is 0.227. The predicted molar refractivity (Wildman–Crippen MR) is 114 cm³/mol. The Bertz CT molecular complexity index is 1220. The quantitative estimate of drug-likeness (QED) is 0.545. The third-order valence-electron chi connectivity index (χ3n) is 5.51. The van der Waals surface area contributed by atoms with Gasteiger partial charge >= 0.3 is 0 Å². The first-order valence-corrected chi connectivity index (χ1v) is 10.1. The summed E-state index contributed by atoms with van der Waals surface area (Å²) >= 11 is 6.18. The van der Waals surface area contributed by atoms with Gasteiger partial charge in [-0.05, 0) is 35.9 Å². The van der Waals surface area contributed by atoms with Gasteiger partial charge in [-0.15, -0.1) is 0 Å². The van der Waals surface area contributed by atoms with Gasteiger partial charge < -0.3 is 14.2 Å². The van der Waals surface area contributed by atoms with E-state index in [9.17, 15) is 4.79 Å². The van der Waals surface area contributed by atoms with Crippen LogP contribution >= 0.6 is 11.6 Å². The van der Waals surface area contributed by atoms with Crippen molar-refractivity contribution in [3.8, 4) is 11.3 Å². The minimum Gasteiger partial charge on any atom is -0.377 e. The molecule has 8 heteroatoms. The molecule has 0 aliphatic carbocycles. The van der Waals surface area contributed by atoms with Crippen molar-refractivity contribution in [2.75, 3.05) is 19.8 Å². The Morgan fingerprint density at radius 1 is 1.27 bits per heavy atom. The van der Waals surface area contributed by atoms with Gasteiger partial charge in [0.15, 0.2) is 0 Å². The van der Waals surface area contributed by atoms with Crippen molar-refractivity contribution in [1.82, 2.24) is 24.6 Å². The standard InChI is InChI=1S/C22H20ClN5O2/c1-27-19(10-15-5-6-18(26-21(15)27)16-11-24-25-12-16)22(29)28-7-8-30-13-20(28)14-3-2-4-17(23)9-14/h2-6,9-12,20H,7-8,13H2,1H3,(H,24,25). The maximum atomic E-state index is 13.5.